The van der Waals surface area contributed by atoms with Gasteiger partial charge in [0.1, 0.15) is 36.3 Å². The third kappa shape index (κ3) is 14.5. The Morgan fingerprint density at radius 3 is 1.94 bits per heavy atom. The maximum absolute atomic E-state index is 14.8. The van der Waals surface area contributed by atoms with Crippen molar-refractivity contribution in [3.63, 3.8) is 0 Å². The summed E-state index contributed by atoms with van der Waals surface area (Å²) < 4.78 is 0. The number of aliphatic carboxylic acids is 1. The Hall–Kier alpha value is -8.02. The number of aryl methyl sites for hydroxylation is 1. The van der Waals surface area contributed by atoms with Crippen LogP contribution in [0.2, 0.25) is 0 Å². The van der Waals surface area contributed by atoms with Crippen LogP contribution in [-0.4, -0.2) is 92.9 Å². The summed E-state index contributed by atoms with van der Waals surface area (Å²) in [7, 11) is 0. The first-order chi connectivity index (χ1) is 33.9. The van der Waals surface area contributed by atoms with Crippen molar-refractivity contribution < 1.29 is 43.8 Å². The molecule has 360 valence electrons. The number of nitrogens with one attached hydrogen (secondary N) is 6. The predicted octanol–water partition coefficient (Wildman–Crippen LogP) is 3.93. The third-order valence-corrected chi connectivity index (χ3v) is 12.6. The molecule has 2 bridgehead atoms. The highest BCUT2D eigenvalue weighted by molar-refractivity contribution is 7.09. The molecule has 6 aromatic rings. The zero-order chi connectivity index (χ0) is 49.4. The maximum Gasteiger partial charge on any atom is 0.326 e. The lowest BCUT2D eigenvalue weighted by Gasteiger charge is -2.27. The molecule has 2 aliphatic heterocycles. The number of pyridine rings is 1. The Morgan fingerprint density at radius 1 is 0.643 bits per heavy atom. The van der Waals surface area contributed by atoms with Crippen LogP contribution in [0, 0.1) is 0 Å². The molecule has 0 radical (unpaired) electrons. The lowest BCUT2D eigenvalue weighted by atomic mass is 9.99. The topological polar surface area (TPSA) is 245 Å². The van der Waals surface area contributed by atoms with Crippen molar-refractivity contribution in [1.29, 1.82) is 0 Å². The lowest BCUT2D eigenvalue weighted by Crippen LogP contribution is -2.60. The summed E-state index contributed by atoms with van der Waals surface area (Å²) >= 11 is 1.35. The van der Waals surface area contributed by atoms with Gasteiger partial charge in [0, 0.05) is 48.6 Å². The molecule has 2 aromatic heterocycles. The number of hydrogen-bond acceptors (Lipinski definition) is 10. The van der Waals surface area contributed by atoms with Crippen LogP contribution < -0.4 is 31.9 Å². The summed E-state index contributed by atoms with van der Waals surface area (Å²) in [4.78, 5) is 102. The smallest absolute Gasteiger partial charge is 0.326 e. The lowest BCUT2D eigenvalue weighted by molar-refractivity contribution is -0.142. The van der Waals surface area contributed by atoms with E-state index in [1.165, 1.54) is 35.9 Å². The largest absolute Gasteiger partial charge is 0.480 e. The van der Waals surface area contributed by atoms with Crippen LogP contribution in [0.1, 0.15) is 40.0 Å². The van der Waals surface area contributed by atoms with Gasteiger partial charge in [0.25, 0.3) is 5.91 Å². The van der Waals surface area contributed by atoms with Gasteiger partial charge in [0.15, 0.2) is 0 Å². The fourth-order valence-corrected chi connectivity index (χ4v) is 8.68. The van der Waals surface area contributed by atoms with Gasteiger partial charge >= 0.3 is 5.97 Å². The molecule has 4 heterocycles. The van der Waals surface area contributed by atoms with Crippen molar-refractivity contribution >= 4 is 58.4 Å². The minimum absolute atomic E-state index is 0.0144. The number of carboxylic acid groups (broad SMARTS) is 1. The zero-order valence-electron chi connectivity index (χ0n) is 38.0. The number of carbonyl (C=O) groups excluding carboxylic acids is 6. The molecule has 6 amide bonds. The van der Waals surface area contributed by atoms with Gasteiger partial charge in [-0.2, -0.15) is 0 Å². The molecule has 16 nitrogen and oxygen atoms in total. The summed E-state index contributed by atoms with van der Waals surface area (Å²) in [6, 6.07) is 32.7. The van der Waals surface area contributed by atoms with Crippen LogP contribution >= 0.6 is 11.3 Å². The van der Waals surface area contributed by atoms with E-state index in [0.717, 1.165) is 21.6 Å². The van der Waals surface area contributed by atoms with Gasteiger partial charge < -0.3 is 42.1 Å². The first-order valence-electron chi connectivity index (χ1n) is 22.8. The van der Waals surface area contributed by atoms with E-state index >= 15 is 0 Å². The average Bonchev–Trinajstić information content (AvgIpc) is 3.89. The number of hydrogen-bond donors (Lipinski definition) is 8. The van der Waals surface area contributed by atoms with E-state index in [0.29, 0.717) is 23.1 Å². The second-order valence-electron chi connectivity index (χ2n) is 17.0. The van der Waals surface area contributed by atoms with E-state index in [4.69, 9.17) is 0 Å². The monoisotopic (exact) mass is 963 g/mol. The molecule has 0 fully saturated rings. The molecule has 4 aromatic carbocycles. The molecule has 6 atom stereocenters. The number of aromatic nitrogens is 1. The van der Waals surface area contributed by atoms with Gasteiger partial charge in [-0.1, -0.05) is 109 Å². The van der Waals surface area contributed by atoms with Gasteiger partial charge in [-0.25, -0.2) is 4.79 Å². The van der Waals surface area contributed by atoms with Crippen molar-refractivity contribution in [3.8, 4) is 11.1 Å². The highest BCUT2D eigenvalue weighted by Crippen LogP contribution is 2.21. The van der Waals surface area contributed by atoms with E-state index < -0.39 is 84.1 Å². The van der Waals surface area contributed by atoms with Crippen LogP contribution in [0.5, 0.6) is 0 Å². The van der Waals surface area contributed by atoms with E-state index in [-0.39, 0.29) is 37.8 Å². The number of thiophene rings is 1. The van der Waals surface area contributed by atoms with Crippen LogP contribution in [0.3, 0.4) is 0 Å². The van der Waals surface area contributed by atoms with Crippen molar-refractivity contribution in [2.24, 2.45) is 0 Å². The summed E-state index contributed by atoms with van der Waals surface area (Å²) in [5.74, 6) is -6.09. The molecule has 17 heteroatoms. The molecule has 0 spiro atoms. The number of aliphatic hydroxyl groups excluding tert-OH is 1. The van der Waals surface area contributed by atoms with Gasteiger partial charge in [-0.15, -0.1) is 11.3 Å². The van der Waals surface area contributed by atoms with Crippen LogP contribution in [0.15, 0.2) is 151 Å². The molecule has 2 aliphatic rings. The number of carbonyl (C=O) groups is 7. The molecule has 0 aliphatic carbocycles. The van der Waals surface area contributed by atoms with Gasteiger partial charge in [-0.3, -0.25) is 33.8 Å². The van der Waals surface area contributed by atoms with Crippen LogP contribution in [-0.2, 0) is 65.7 Å². The highest BCUT2D eigenvalue weighted by Gasteiger charge is 2.34. The molecule has 6 unspecified atom stereocenters. The fraction of sp³-hybridized carbons (Fsp3) is 0.245. The Morgan fingerprint density at radius 2 is 1.29 bits per heavy atom. The van der Waals surface area contributed by atoms with Crippen molar-refractivity contribution in [2.45, 2.75) is 81.3 Å². The van der Waals surface area contributed by atoms with Crippen LogP contribution in [0.4, 0.5) is 5.69 Å². The maximum atomic E-state index is 14.8. The van der Waals surface area contributed by atoms with E-state index in [1.807, 2.05) is 84.9 Å². The Bertz CT molecular complexity index is 2730. The number of benzene rings is 4. The summed E-state index contributed by atoms with van der Waals surface area (Å²) in [6.07, 6.45) is 0.573. The summed E-state index contributed by atoms with van der Waals surface area (Å²) in [5.41, 5.74) is 4.68. The quantitative estimate of drug-likeness (QED) is 0.0776. The number of anilines is 1. The number of fused-ring (bicyclic) bond motifs is 18. The zero-order valence-corrected chi connectivity index (χ0v) is 38.8. The van der Waals surface area contributed by atoms with Gasteiger partial charge in [0.2, 0.25) is 29.5 Å². The normalized spacial score (nSPS) is 19.8. The molecule has 70 heavy (non-hydrogen) atoms. The fourth-order valence-electron chi connectivity index (χ4n) is 7.93. The first kappa shape index (κ1) is 49.9. The summed E-state index contributed by atoms with van der Waals surface area (Å²) in [6.45, 7) is 0. The number of carboxylic acids is 1. The van der Waals surface area contributed by atoms with Crippen LogP contribution in [0.25, 0.3) is 11.1 Å². The van der Waals surface area contributed by atoms with Crippen molar-refractivity contribution in [1.82, 2.24) is 31.6 Å². The average molecular weight is 964 g/mol. The predicted molar refractivity (Wildman–Crippen MR) is 263 cm³/mol. The SMILES string of the molecule is O=C1CC(O)C(=O)Nc2ccc(cc2)CC(C(=O)NC(Cc2cccnc2)C(=O)O)NC(=O)C(CCc2ccccc2)NC(=O)C(Cc2ccc(-c3ccccc3)cc2)NC(=O)C(Cc2cccs2)N1. The minimum atomic E-state index is -1.82. The van der Waals surface area contributed by atoms with E-state index in [2.05, 4.69) is 36.9 Å². The minimum Gasteiger partial charge on any atom is -0.480 e. The second-order valence-corrected chi connectivity index (χ2v) is 18.0. The van der Waals surface area contributed by atoms with E-state index in [9.17, 15) is 43.8 Å². The number of nitrogens with zero attached hydrogens (tertiary/aromatic N) is 1. The van der Waals surface area contributed by atoms with Crippen molar-refractivity contribution in [3.05, 3.63) is 178 Å². The first-order valence-corrected chi connectivity index (χ1v) is 23.7. The Labute approximate surface area is 408 Å². The number of rotatable bonds is 13. The van der Waals surface area contributed by atoms with Gasteiger partial charge in [-0.05, 0) is 75.9 Å². The molecular formula is C53H53N7O9S. The molecule has 8 rings (SSSR count). The highest BCUT2D eigenvalue weighted by atomic mass is 32.1. The second kappa shape index (κ2) is 24.3. The Kier molecular flexibility index (Phi) is 17.3. The summed E-state index contributed by atoms with van der Waals surface area (Å²) in [5, 5.41) is 39.1. The van der Waals surface area contributed by atoms with Gasteiger partial charge in [0.05, 0.1) is 6.42 Å². The molecular weight excluding hydrogens is 911 g/mol. The standard InChI is InChI=1S/C53H53N7O9S/c61-46-31-47(62)56-44(30-40-14-8-26-70-40)51(66)59-42(27-34-15-20-38(21-16-34)37-12-5-2-6-13-37)49(64)57-41(24-19-33-9-3-1-4-10-33)48(63)58-43(28-35-17-22-39(23-18-35)55-52(46)67)50(65)60-45(53(68)69)29-36-11-7-25-54-32-36/h1-18,20-23,25-26,32,41-46,61H,19,24,27-31H2,(H,55,67)(H,56,62)(H,57,64)(H,58,63)(H,59,66)(H,60,65)(H,68,69). The molecule has 8 N–H and O–H groups in total. The van der Waals surface area contributed by atoms with Crippen molar-refractivity contribution in [2.75, 3.05) is 5.32 Å². The number of aliphatic hydroxyl groups is 1. The number of amides is 6. The van der Waals surface area contributed by atoms with E-state index in [1.54, 1.807) is 41.8 Å². The molecule has 0 saturated heterocycles. The Balaban J connectivity index is 1.24. The molecule has 0 saturated carbocycles. The third-order valence-electron chi connectivity index (χ3n) is 11.7.